The third-order valence-electron chi connectivity index (χ3n) is 6.36. The largest absolute Gasteiger partial charge is 0.480 e. The van der Waals surface area contributed by atoms with Crippen molar-refractivity contribution in [2.24, 2.45) is 11.7 Å². The van der Waals surface area contributed by atoms with Crippen molar-refractivity contribution in [1.82, 2.24) is 15.3 Å². The number of nitrogens with one attached hydrogen (secondary N) is 2. The number of fused-ring (bicyclic) bond motifs is 2. The first-order valence-corrected chi connectivity index (χ1v) is 11.3. The van der Waals surface area contributed by atoms with Gasteiger partial charge in [-0.25, -0.2) is 9.78 Å². The monoisotopic (exact) mass is 472 g/mol. The fourth-order valence-electron chi connectivity index (χ4n) is 4.60. The van der Waals surface area contributed by atoms with E-state index in [9.17, 15) is 9.59 Å². The van der Waals surface area contributed by atoms with Gasteiger partial charge in [-0.05, 0) is 55.5 Å². The molecule has 0 spiro atoms. The van der Waals surface area contributed by atoms with E-state index in [0.717, 1.165) is 29.8 Å². The van der Waals surface area contributed by atoms with Crippen LogP contribution in [0.1, 0.15) is 29.3 Å². The average Bonchev–Trinajstić information content (AvgIpc) is 3.33. The van der Waals surface area contributed by atoms with E-state index in [-0.39, 0.29) is 30.6 Å². The summed E-state index contributed by atoms with van der Waals surface area (Å²) in [6.07, 6.45) is 2.46. The van der Waals surface area contributed by atoms with E-state index in [1.54, 1.807) is 18.3 Å². The first-order chi connectivity index (χ1) is 15.9. The topological polar surface area (TPSA) is 132 Å². The lowest BCUT2D eigenvalue weighted by Crippen LogP contribution is -2.32. The summed E-state index contributed by atoms with van der Waals surface area (Å²) >= 11 is 6.32. The molecule has 1 saturated heterocycles. The zero-order chi connectivity index (χ0) is 23.1. The van der Waals surface area contributed by atoms with Gasteiger partial charge in [0.15, 0.2) is 18.2 Å². The maximum Gasteiger partial charge on any atom is 0.415 e. The van der Waals surface area contributed by atoms with E-state index in [1.165, 1.54) is 4.90 Å². The summed E-state index contributed by atoms with van der Waals surface area (Å²) in [7, 11) is 0. The predicted octanol–water partition coefficient (Wildman–Crippen LogP) is 1.95. The molecule has 2 aromatic rings. The van der Waals surface area contributed by atoms with E-state index >= 15 is 0 Å². The highest BCUT2D eigenvalue weighted by atomic mass is 35.5. The summed E-state index contributed by atoms with van der Waals surface area (Å²) in [6, 6.07) is 3.24. The summed E-state index contributed by atoms with van der Waals surface area (Å²) in [5.74, 6) is 1.15. The van der Waals surface area contributed by atoms with Crippen LogP contribution >= 0.6 is 11.6 Å². The summed E-state index contributed by atoms with van der Waals surface area (Å²) in [5.41, 5.74) is 9.59. The molecule has 4 heterocycles. The smallest absolute Gasteiger partial charge is 0.415 e. The molecule has 2 aromatic heterocycles. The highest BCUT2D eigenvalue weighted by Gasteiger charge is 2.35. The van der Waals surface area contributed by atoms with E-state index in [0.29, 0.717) is 41.9 Å². The minimum Gasteiger partial charge on any atom is -0.480 e. The molecule has 0 radical (unpaired) electrons. The van der Waals surface area contributed by atoms with Crippen LogP contribution in [0.5, 0.6) is 5.75 Å². The Morgan fingerprint density at radius 2 is 2.21 bits per heavy atom. The van der Waals surface area contributed by atoms with Gasteiger partial charge in [0.2, 0.25) is 0 Å². The number of aryl methyl sites for hydroxylation is 1. The minimum absolute atomic E-state index is 0.0454. The standard InChI is InChI=1S/C22H25ClN6O4/c1-11-14-6-12(20(24)19(14)15(23)8-26-11)7-25-5-4-13-9-29(22(31)33-13)17-3-2-16-21(27-17)28-18(30)10-32-16/h2-3,8,12-13,20,25H,4-7,9-10,24H2,1H3,(H,27,28,30). The number of halogens is 1. The number of pyridine rings is 2. The van der Waals surface area contributed by atoms with Crippen molar-refractivity contribution in [1.29, 1.82) is 0 Å². The van der Waals surface area contributed by atoms with Crippen molar-refractivity contribution in [3.05, 3.63) is 40.2 Å². The number of anilines is 2. The van der Waals surface area contributed by atoms with Crippen LogP contribution in [0.3, 0.4) is 0 Å². The van der Waals surface area contributed by atoms with Gasteiger partial charge in [0.25, 0.3) is 5.91 Å². The van der Waals surface area contributed by atoms with E-state index in [1.807, 2.05) is 6.92 Å². The summed E-state index contributed by atoms with van der Waals surface area (Å²) < 4.78 is 10.8. The van der Waals surface area contributed by atoms with Crippen LogP contribution in [0, 0.1) is 12.8 Å². The fourth-order valence-corrected chi connectivity index (χ4v) is 4.88. The molecule has 2 amide bonds. The summed E-state index contributed by atoms with van der Waals surface area (Å²) in [5, 5.41) is 6.72. The lowest BCUT2D eigenvalue weighted by atomic mass is 10.0. The molecule has 1 aliphatic carbocycles. The van der Waals surface area contributed by atoms with Gasteiger partial charge >= 0.3 is 6.09 Å². The lowest BCUT2D eigenvalue weighted by molar-refractivity contribution is -0.118. The number of amides is 2. The molecule has 3 aliphatic rings. The number of nitrogens with two attached hydrogens (primary N) is 1. The Balaban J connectivity index is 1.13. The van der Waals surface area contributed by atoms with Gasteiger partial charge in [0.1, 0.15) is 11.9 Å². The molecule has 10 nitrogen and oxygen atoms in total. The molecule has 3 unspecified atom stereocenters. The molecule has 0 saturated carbocycles. The Morgan fingerprint density at radius 1 is 1.36 bits per heavy atom. The molecule has 33 heavy (non-hydrogen) atoms. The molecule has 2 aliphatic heterocycles. The Bertz CT molecular complexity index is 1110. The van der Waals surface area contributed by atoms with Crippen molar-refractivity contribution in [2.75, 3.05) is 36.5 Å². The van der Waals surface area contributed by atoms with Crippen LogP contribution in [0.15, 0.2) is 18.3 Å². The zero-order valence-corrected chi connectivity index (χ0v) is 18.9. The third kappa shape index (κ3) is 4.21. The first kappa shape index (κ1) is 21.9. The molecule has 4 N–H and O–H groups in total. The maximum absolute atomic E-state index is 12.4. The molecule has 0 aromatic carbocycles. The minimum atomic E-state index is -0.457. The molecule has 1 fully saturated rings. The molecule has 3 atom stereocenters. The average molecular weight is 473 g/mol. The van der Waals surface area contributed by atoms with Crippen LogP contribution in [0.4, 0.5) is 16.4 Å². The van der Waals surface area contributed by atoms with Crippen molar-refractivity contribution in [3.63, 3.8) is 0 Å². The lowest BCUT2D eigenvalue weighted by Gasteiger charge is -2.19. The predicted molar refractivity (Wildman–Crippen MR) is 122 cm³/mol. The summed E-state index contributed by atoms with van der Waals surface area (Å²) in [4.78, 5) is 34.1. The fraction of sp³-hybridized carbons (Fsp3) is 0.455. The Labute approximate surface area is 195 Å². The SMILES string of the molecule is Cc1ncc(Cl)c2c1CC(CNCCC1CN(c3ccc4c(n3)NC(=O)CO4)C(=O)O1)C2N. The van der Waals surface area contributed by atoms with Crippen molar-refractivity contribution in [2.45, 2.75) is 31.9 Å². The number of carbonyl (C=O) groups is 2. The van der Waals surface area contributed by atoms with E-state index in [4.69, 9.17) is 26.8 Å². The Morgan fingerprint density at radius 3 is 3.03 bits per heavy atom. The first-order valence-electron chi connectivity index (χ1n) is 10.9. The third-order valence-corrected chi connectivity index (χ3v) is 6.66. The maximum atomic E-state index is 12.4. The van der Waals surface area contributed by atoms with Gasteiger partial charge < -0.3 is 25.8 Å². The van der Waals surface area contributed by atoms with Gasteiger partial charge in [0.05, 0.1) is 11.6 Å². The van der Waals surface area contributed by atoms with Crippen molar-refractivity contribution >= 4 is 35.2 Å². The number of carbonyl (C=O) groups excluding carboxylic acids is 2. The molecule has 174 valence electrons. The van der Waals surface area contributed by atoms with Crippen LogP contribution in [-0.2, 0) is 16.0 Å². The number of ether oxygens (including phenoxy) is 2. The Kier molecular flexibility index (Phi) is 5.81. The van der Waals surface area contributed by atoms with Gasteiger partial charge in [-0.1, -0.05) is 11.6 Å². The Hall–Kier alpha value is -2.95. The number of hydrogen-bond donors (Lipinski definition) is 3. The highest BCUT2D eigenvalue weighted by Crippen LogP contribution is 2.39. The molecule has 0 bridgehead atoms. The number of cyclic esters (lactones) is 1. The number of hydrogen-bond acceptors (Lipinski definition) is 8. The van der Waals surface area contributed by atoms with Gasteiger partial charge in [-0.2, -0.15) is 0 Å². The van der Waals surface area contributed by atoms with Gasteiger partial charge in [-0.3, -0.25) is 14.7 Å². The number of aromatic nitrogens is 2. The molecule has 5 rings (SSSR count). The van der Waals surface area contributed by atoms with Crippen molar-refractivity contribution < 1.29 is 19.1 Å². The normalized spacial score (nSPS) is 23.6. The quantitative estimate of drug-likeness (QED) is 0.543. The number of nitrogens with zero attached hydrogens (tertiary/aromatic N) is 3. The van der Waals surface area contributed by atoms with Crippen LogP contribution < -0.4 is 26.0 Å². The zero-order valence-electron chi connectivity index (χ0n) is 18.1. The molecular formula is C22H25ClN6O4. The van der Waals surface area contributed by atoms with Crippen LogP contribution in [0.2, 0.25) is 5.02 Å². The number of rotatable bonds is 6. The van der Waals surface area contributed by atoms with Crippen LogP contribution in [-0.4, -0.2) is 54.3 Å². The highest BCUT2D eigenvalue weighted by molar-refractivity contribution is 6.31. The molecular weight excluding hydrogens is 448 g/mol. The second-order valence-electron chi connectivity index (χ2n) is 8.54. The molecule has 11 heteroatoms. The van der Waals surface area contributed by atoms with E-state index < -0.39 is 6.09 Å². The van der Waals surface area contributed by atoms with Crippen molar-refractivity contribution in [3.8, 4) is 5.75 Å². The van der Waals surface area contributed by atoms with E-state index in [2.05, 4.69) is 20.6 Å². The second kappa shape index (κ2) is 8.77. The van der Waals surface area contributed by atoms with Gasteiger partial charge in [0, 0.05) is 24.5 Å². The van der Waals surface area contributed by atoms with Crippen LogP contribution in [0.25, 0.3) is 0 Å². The van der Waals surface area contributed by atoms with Gasteiger partial charge in [-0.15, -0.1) is 0 Å². The summed E-state index contributed by atoms with van der Waals surface area (Å²) in [6.45, 7) is 3.74. The second-order valence-corrected chi connectivity index (χ2v) is 8.94.